The zero-order chi connectivity index (χ0) is 18.7. The quantitative estimate of drug-likeness (QED) is 0.771. The topological polar surface area (TPSA) is 71.3 Å². The number of aliphatic hydroxyl groups excluding tert-OH is 1. The van der Waals surface area contributed by atoms with Crippen LogP contribution in [0.1, 0.15) is 24.9 Å². The number of nitrogens with one attached hydrogen (secondary N) is 1. The number of carbonyl (C=O) groups excluding carboxylic acids is 2. The van der Waals surface area contributed by atoms with Crippen molar-refractivity contribution in [1.82, 2.24) is 4.90 Å². The van der Waals surface area contributed by atoms with E-state index in [-0.39, 0.29) is 11.4 Å². The van der Waals surface area contributed by atoms with E-state index in [1.807, 2.05) is 0 Å². The summed E-state index contributed by atoms with van der Waals surface area (Å²) in [6.45, 7) is 6.26. The van der Waals surface area contributed by atoms with E-state index in [0.717, 1.165) is 44.8 Å². The fourth-order valence-electron chi connectivity index (χ4n) is 3.64. The fourth-order valence-corrected chi connectivity index (χ4v) is 3.77. The SMILES string of the molecule is CC(=O)C1=C(O)C(=O)N(CCC[NH+]2CCOCC2)[C@H]1c1ccc(Cl)cc1. The zero-order valence-corrected chi connectivity index (χ0v) is 15.6. The van der Waals surface area contributed by atoms with Crippen LogP contribution in [0.2, 0.25) is 5.02 Å². The van der Waals surface area contributed by atoms with E-state index in [0.29, 0.717) is 11.6 Å². The summed E-state index contributed by atoms with van der Waals surface area (Å²) >= 11 is 5.96. The van der Waals surface area contributed by atoms with E-state index < -0.39 is 17.7 Å². The standard InChI is InChI=1S/C19H23ClN2O4/c1-13(23)16-17(14-3-5-15(20)6-4-14)22(19(25)18(16)24)8-2-7-21-9-11-26-12-10-21/h3-6,17,24H,2,7-12H2,1H3/p+1/t17-/m0/s1. The van der Waals surface area contributed by atoms with Gasteiger partial charge in [-0.2, -0.15) is 0 Å². The Morgan fingerprint density at radius 1 is 1.31 bits per heavy atom. The number of rotatable bonds is 6. The van der Waals surface area contributed by atoms with Crippen molar-refractivity contribution in [3.05, 3.63) is 46.2 Å². The van der Waals surface area contributed by atoms with Crippen molar-refractivity contribution in [3.63, 3.8) is 0 Å². The molecule has 2 aliphatic rings. The summed E-state index contributed by atoms with van der Waals surface area (Å²) in [4.78, 5) is 27.7. The number of hydrogen-bond donors (Lipinski definition) is 2. The smallest absolute Gasteiger partial charge is 0.290 e. The Kier molecular flexibility index (Phi) is 5.96. The van der Waals surface area contributed by atoms with Crippen molar-refractivity contribution < 1.29 is 24.3 Å². The van der Waals surface area contributed by atoms with Crippen LogP contribution in [0.3, 0.4) is 0 Å². The Labute approximate surface area is 158 Å². The van der Waals surface area contributed by atoms with E-state index in [4.69, 9.17) is 16.3 Å². The molecule has 26 heavy (non-hydrogen) atoms. The fraction of sp³-hybridized carbons (Fsp3) is 0.474. The molecule has 6 nitrogen and oxygen atoms in total. The van der Waals surface area contributed by atoms with Crippen molar-refractivity contribution in [2.75, 3.05) is 39.4 Å². The van der Waals surface area contributed by atoms with Gasteiger partial charge < -0.3 is 19.6 Å². The van der Waals surface area contributed by atoms with Crippen molar-refractivity contribution in [1.29, 1.82) is 0 Å². The number of quaternary nitrogens is 1. The highest BCUT2D eigenvalue weighted by Gasteiger charge is 2.42. The Hall–Kier alpha value is -1.89. The third-order valence-corrected chi connectivity index (χ3v) is 5.25. The minimum absolute atomic E-state index is 0.163. The Balaban J connectivity index is 1.76. The van der Waals surface area contributed by atoms with Gasteiger partial charge in [0.05, 0.1) is 31.4 Å². The number of halogens is 1. The maximum atomic E-state index is 12.6. The predicted molar refractivity (Wildman–Crippen MR) is 97.2 cm³/mol. The molecule has 2 heterocycles. The second kappa shape index (κ2) is 8.20. The highest BCUT2D eigenvalue weighted by atomic mass is 35.5. The Morgan fingerprint density at radius 3 is 2.58 bits per heavy atom. The molecule has 1 aromatic rings. The van der Waals surface area contributed by atoms with Crippen molar-refractivity contribution in [3.8, 4) is 0 Å². The number of Topliss-reactive ketones (excluding diaryl/α,β-unsaturated/α-hetero) is 1. The van der Waals surface area contributed by atoms with Gasteiger partial charge in [-0.1, -0.05) is 23.7 Å². The summed E-state index contributed by atoms with van der Waals surface area (Å²) in [5.41, 5.74) is 0.937. The summed E-state index contributed by atoms with van der Waals surface area (Å²) in [6, 6.07) is 6.48. The number of ether oxygens (including phenoxy) is 1. The molecule has 0 aromatic heterocycles. The molecular formula is C19H24ClN2O4+. The molecule has 3 rings (SSSR count). The average Bonchev–Trinajstić information content (AvgIpc) is 2.88. The van der Waals surface area contributed by atoms with Crippen LogP contribution in [0, 0.1) is 0 Å². The Bertz CT molecular complexity index is 711. The molecule has 0 spiro atoms. The second-order valence-electron chi connectivity index (χ2n) is 6.74. The second-order valence-corrected chi connectivity index (χ2v) is 7.17. The molecule has 140 valence electrons. The highest BCUT2D eigenvalue weighted by Crippen LogP contribution is 2.37. The Morgan fingerprint density at radius 2 is 1.96 bits per heavy atom. The minimum atomic E-state index is -0.558. The van der Waals surface area contributed by atoms with Gasteiger partial charge >= 0.3 is 0 Å². The van der Waals surface area contributed by atoms with Gasteiger partial charge in [0.15, 0.2) is 11.5 Å². The number of morpholine rings is 1. The molecule has 0 unspecified atom stereocenters. The number of carbonyl (C=O) groups is 2. The monoisotopic (exact) mass is 379 g/mol. The summed E-state index contributed by atoms with van der Waals surface area (Å²) in [7, 11) is 0. The van der Waals surface area contributed by atoms with Crippen molar-refractivity contribution in [2.45, 2.75) is 19.4 Å². The van der Waals surface area contributed by atoms with E-state index in [1.54, 1.807) is 29.2 Å². The van der Waals surface area contributed by atoms with Gasteiger partial charge in [-0.3, -0.25) is 9.59 Å². The number of amides is 1. The molecule has 1 fully saturated rings. The van der Waals surface area contributed by atoms with Crippen LogP contribution >= 0.6 is 11.6 Å². The minimum Gasteiger partial charge on any atom is -0.503 e. The van der Waals surface area contributed by atoms with Crippen LogP contribution < -0.4 is 4.90 Å². The van der Waals surface area contributed by atoms with E-state index in [2.05, 4.69) is 0 Å². The molecule has 2 N–H and O–H groups in total. The normalized spacial score (nSPS) is 21.5. The first kappa shape index (κ1) is 18.9. The maximum Gasteiger partial charge on any atom is 0.290 e. The lowest BCUT2D eigenvalue weighted by atomic mass is 9.97. The summed E-state index contributed by atoms with van der Waals surface area (Å²) in [5.74, 6) is -1.21. The lowest BCUT2D eigenvalue weighted by molar-refractivity contribution is -0.908. The lowest BCUT2D eigenvalue weighted by Gasteiger charge is -2.28. The molecule has 0 radical (unpaired) electrons. The first-order valence-electron chi connectivity index (χ1n) is 8.91. The molecule has 1 saturated heterocycles. The molecule has 1 atom stereocenters. The number of ketones is 1. The van der Waals surface area contributed by atoms with Crippen LogP contribution in [0.15, 0.2) is 35.6 Å². The zero-order valence-electron chi connectivity index (χ0n) is 14.8. The van der Waals surface area contributed by atoms with Crippen LogP contribution in [0.5, 0.6) is 0 Å². The number of benzene rings is 1. The molecule has 7 heteroatoms. The van der Waals surface area contributed by atoms with Gasteiger partial charge in [0, 0.05) is 18.0 Å². The van der Waals surface area contributed by atoms with Gasteiger partial charge in [-0.05, 0) is 24.6 Å². The first-order valence-corrected chi connectivity index (χ1v) is 9.28. The van der Waals surface area contributed by atoms with Gasteiger partial charge in [-0.15, -0.1) is 0 Å². The van der Waals surface area contributed by atoms with Crippen LogP contribution in [0.4, 0.5) is 0 Å². The molecular weight excluding hydrogens is 356 g/mol. The van der Waals surface area contributed by atoms with Crippen LogP contribution in [-0.4, -0.2) is 61.1 Å². The molecule has 2 aliphatic heterocycles. The van der Waals surface area contributed by atoms with E-state index in [1.165, 1.54) is 11.8 Å². The maximum absolute atomic E-state index is 12.6. The summed E-state index contributed by atoms with van der Waals surface area (Å²) in [6.07, 6.45) is 0.795. The molecule has 1 aromatic carbocycles. The number of aliphatic hydroxyl groups is 1. The largest absolute Gasteiger partial charge is 0.503 e. The molecule has 0 saturated carbocycles. The number of nitrogens with zero attached hydrogens (tertiary/aromatic N) is 1. The summed E-state index contributed by atoms with van der Waals surface area (Å²) in [5, 5.41) is 10.8. The average molecular weight is 380 g/mol. The van der Waals surface area contributed by atoms with Gasteiger partial charge in [0.2, 0.25) is 0 Å². The van der Waals surface area contributed by atoms with Gasteiger partial charge in [0.25, 0.3) is 5.91 Å². The lowest BCUT2D eigenvalue weighted by Crippen LogP contribution is -3.14. The van der Waals surface area contributed by atoms with Gasteiger partial charge in [0.1, 0.15) is 13.1 Å². The molecule has 1 amide bonds. The molecule has 0 bridgehead atoms. The van der Waals surface area contributed by atoms with Crippen LogP contribution in [-0.2, 0) is 14.3 Å². The van der Waals surface area contributed by atoms with Crippen molar-refractivity contribution in [2.24, 2.45) is 0 Å². The third kappa shape index (κ3) is 3.92. The number of hydrogen-bond acceptors (Lipinski definition) is 4. The van der Waals surface area contributed by atoms with Crippen LogP contribution in [0.25, 0.3) is 0 Å². The van der Waals surface area contributed by atoms with Crippen molar-refractivity contribution >= 4 is 23.3 Å². The van der Waals surface area contributed by atoms with Gasteiger partial charge in [-0.25, -0.2) is 0 Å². The molecule has 0 aliphatic carbocycles. The summed E-state index contributed by atoms with van der Waals surface area (Å²) < 4.78 is 5.36. The predicted octanol–water partition coefficient (Wildman–Crippen LogP) is 0.930. The third-order valence-electron chi connectivity index (χ3n) is 5.00. The van der Waals surface area contributed by atoms with E-state index >= 15 is 0 Å². The first-order chi connectivity index (χ1) is 12.5. The highest BCUT2D eigenvalue weighted by molar-refractivity contribution is 6.30. The van der Waals surface area contributed by atoms with E-state index in [9.17, 15) is 14.7 Å².